The number of ether oxygens (including phenoxy) is 2. The third-order valence-corrected chi connectivity index (χ3v) is 5.10. The molecule has 0 fully saturated rings. The van der Waals surface area contributed by atoms with E-state index in [9.17, 15) is 14.4 Å². The maximum Gasteiger partial charge on any atom is 0.359 e. The van der Waals surface area contributed by atoms with E-state index >= 15 is 0 Å². The van der Waals surface area contributed by atoms with Gasteiger partial charge in [-0.2, -0.15) is 0 Å². The summed E-state index contributed by atoms with van der Waals surface area (Å²) in [4.78, 5) is 40.9. The Labute approximate surface area is 169 Å². The van der Waals surface area contributed by atoms with Gasteiger partial charge in [0.2, 0.25) is 0 Å². The number of aryl methyl sites for hydroxylation is 1. The summed E-state index contributed by atoms with van der Waals surface area (Å²) in [6, 6.07) is 2.82. The molecule has 7 nitrogen and oxygen atoms in total. The first kappa shape index (κ1) is 21.1. The number of halogens is 2. The number of thiophene rings is 1. The Balaban J connectivity index is 2.06. The Hall–Kier alpha value is -2.16. The van der Waals surface area contributed by atoms with Crippen LogP contribution in [0.25, 0.3) is 0 Å². The second kappa shape index (κ2) is 9.16. The molecule has 0 spiro atoms. The van der Waals surface area contributed by atoms with Crippen LogP contribution in [0.1, 0.15) is 38.2 Å². The number of pyridine rings is 1. The number of rotatable bonds is 6. The number of carbonyl (C=O) groups excluding carboxylic acids is 3. The molecule has 0 aromatic carbocycles. The molecule has 0 saturated carbocycles. The van der Waals surface area contributed by atoms with E-state index in [0.717, 1.165) is 10.4 Å². The maximum atomic E-state index is 12.1. The molecule has 10 heteroatoms. The van der Waals surface area contributed by atoms with Crippen molar-refractivity contribution in [1.82, 2.24) is 4.98 Å². The summed E-state index contributed by atoms with van der Waals surface area (Å²) in [5.41, 5.74) is 0.825. The summed E-state index contributed by atoms with van der Waals surface area (Å²) < 4.78 is 9.94. The normalized spacial score (nSPS) is 10.4. The summed E-state index contributed by atoms with van der Waals surface area (Å²) in [6.45, 7) is 4.91. The van der Waals surface area contributed by atoms with E-state index in [2.05, 4.69) is 10.3 Å². The topological polar surface area (TPSA) is 94.6 Å². The maximum absolute atomic E-state index is 12.1. The fourth-order valence-electron chi connectivity index (χ4n) is 2.09. The minimum Gasteiger partial charge on any atom is -0.462 e. The van der Waals surface area contributed by atoms with Crippen molar-refractivity contribution < 1.29 is 23.9 Å². The molecule has 0 aliphatic heterocycles. The lowest BCUT2D eigenvalue weighted by Crippen LogP contribution is -2.22. The second-order valence-corrected chi connectivity index (χ2v) is 7.32. The van der Waals surface area contributed by atoms with Gasteiger partial charge in [-0.25, -0.2) is 14.6 Å². The minimum atomic E-state index is -0.887. The largest absolute Gasteiger partial charge is 0.462 e. The van der Waals surface area contributed by atoms with Gasteiger partial charge in [0.1, 0.15) is 10.2 Å². The Kier molecular flexibility index (Phi) is 7.18. The number of anilines is 1. The van der Waals surface area contributed by atoms with E-state index in [1.54, 1.807) is 13.8 Å². The van der Waals surface area contributed by atoms with Crippen molar-refractivity contribution in [1.29, 1.82) is 0 Å². The van der Waals surface area contributed by atoms with Crippen molar-refractivity contribution in [2.24, 2.45) is 0 Å². The van der Waals surface area contributed by atoms with Crippen LogP contribution in [0.3, 0.4) is 0 Å². The van der Waals surface area contributed by atoms with Crippen molar-refractivity contribution in [2.75, 3.05) is 18.5 Å². The van der Waals surface area contributed by atoms with Gasteiger partial charge in [0.05, 0.1) is 17.2 Å². The number of nitrogens with zero attached hydrogens (tertiary/aromatic N) is 1. The Morgan fingerprint density at radius 3 is 2.52 bits per heavy atom. The van der Waals surface area contributed by atoms with E-state index in [4.69, 9.17) is 32.7 Å². The summed E-state index contributed by atoms with van der Waals surface area (Å²) in [7, 11) is 0. The SMILES string of the molecule is CCOC(=O)c1c(NC(=O)COC(=O)c2nc(Cl)ccc2Cl)sc(C)c1C. The lowest BCUT2D eigenvalue weighted by atomic mass is 10.1. The van der Waals surface area contributed by atoms with Gasteiger partial charge in [-0.3, -0.25) is 4.79 Å². The molecular weight excluding hydrogens is 415 g/mol. The molecule has 0 radical (unpaired) electrons. The number of aromatic nitrogens is 1. The molecule has 1 amide bonds. The summed E-state index contributed by atoms with van der Waals surface area (Å²) >= 11 is 12.8. The Morgan fingerprint density at radius 1 is 1.15 bits per heavy atom. The number of amides is 1. The van der Waals surface area contributed by atoms with Crippen LogP contribution in [0.4, 0.5) is 5.00 Å². The molecule has 27 heavy (non-hydrogen) atoms. The molecule has 0 bridgehead atoms. The van der Waals surface area contributed by atoms with Gasteiger partial charge >= 0.3 is 11.9 Å². The zero-order valence-electron chi connectivity index (χ0n) is 14.7. The van der Waals surface area contributed by atoms with Crippen LogP contribution < -0.4 is 5.32 Å². The number of hydrogen-bond acceptors (Lipinski definition) is 7. The molecule has 1 N–H and O–H groups in total. The van der Waals surface area contributed by atoms with Crippen molar-refractivity contribution in [3.05, 3.63) is 44.0 Å². The van der Waals surface area contributed by atoms with Gasteiger partial charge in [-0.1, -0.05) is 23.2 Å². The highest BCUT2D eigenvalue weighted by Crippen LogP contribution is 2.33. The molecule has 2 aromatic rings. The molecule has 0 aliphatic carbocycles. The molecule has 0 atom stereocenters. The summed E-state index contributed by atoms with van der Waals surface area (Å²) in [5, 5.41) is 3.03. The van der Waals surface area contributed by atoms with Gasteiger partial charge in [-0.05, 0) is 38.5 Å². The van der Waals surface area contributed by atoms with Crippen LogP contribution in [0.5, 0.6) is 0 Å². The highest BCUT2D eigenvalue weighted by molar-refractivity contribution is 7.16. The van der Waals surface area contributed by atoms with Gasteiger partial charge in [0.15, 0.2) is 12.3 Å². The molecular formula is C17H16Cl2N2O5S. The number of esters is 2. The number of carbonyl (C=O) groups is 3. The van der Waals surface area contributed by atoms with Crippen molar-refractivity contribution in [3.8, 4) is 0 Å². The second-order valence-electron chi connectivity index (χ2n) is 5.30. The van der Waals surface area contributed by atoms with Crippen LogP contribution >= 0.6 is 34.5 Å². The van der Waals surface area contributed by atoms with Crippen LogP contribution in [-0.2, 0) is 14.3 Å². The smallest absolute Gasteiger partial charge is 0.359 e. The molecule has 0 unspecified atom stereocenters. The van der Waals surface area contributed by atoms with E-state index in [0.29, 0.717) is 10.6 Å². The van der Waals surface area contributed by atoms with E-state index in [1.807, 2.05) is 6.92 Å². The first-order valence-electron chi connectivity index (χ1n) is 7.80. The number of hydrogen-bond donors (Lipinski definition) is 1. The van der Waals surface area contributed by atoms with Gasteiger partial charge in [0, 0.05) is 4.88 Å². The summed E-state index contributed by atoms with van der Waals surface area (Å²) in [6.07, 6.45) is 0. The average Bonchev–Trinajstić information content (AvgIpc) is 2.89. The van der Waals surface area contributed by atoms with Crippen molar-refractivity contribution in [2.45, 2.75) is 20.8 Å². The van der Waals surface area contributed by atoms with E-state index in [-0.39, 0.29) is 22.5 Å². The predicted molar refractivity (Wildman–Crippen MR) is 103 cm³/mol. The quantitative estimate of drug-likeness (QED) is 0.548. The Morgan fingerprint density at radius 2 is 1.85 bits per heavy atom. The van der Waals surface area contributed by atoms with Crippen molar-refractivity contribution in [3.63, 3.8) is 0 Å². The first-order chi connectivity index (χ1) is 12.7. The number of nitrogens with one attached hydrogen (secondary N) is 1. The predicted octanol–water partition coefficient (Wildman–Crippen LogP) is 4.04. The molecule has 2 heterocycles. The lowest BCUT2D eigenvalue weighted by Gasteiger charge is -2.08. The van der Waals surface area contributed by atoms with Crippen LogP contribution in [0, 0.1) is 13.8 Å². The highest BCUT2D eigenvalue weighted by Gasteiger charge is 2.23. The monoisotopic (exact) mass is 430 g/mol. The molecule has 2 rings (SSSR count). The first-order valence-corrected chi connectivity index (χ1v) is 9.38. The van der Waals surface area contributed by atoms with Crippen molar-refractivity contribution >= 4 is 57.4 Å². The molecule has 0 aliphatic rings. The van der Waals surface area contributed by atoms with E-state index in [1.165, 1.54) is 23.5 Å². The third-order valence-electron chi connectivity index (χ3n) is 3.46. The summed E-state index contributed by atoms with van der Waals surface area (Å²) in [5.74, 6) is -2.03. The fraction of sp³-hybridized carbons (Fsp3) is 0.294. The fourth-order valence-corrected chi connectivity index (χ4v) is 3.48. The van der Waals surface area contributed by atoms with Crippen LogP contribution in [-0.4, -0.2) is 36.0 Å². The standard InChI is InChI=1S/C17H16Cl2N2O5S/c1-4-25-16(23)13-8(2)9(3)27-15(13)21-12(22)7-26-17(24)14-10(18)5-6-11(19)20-14/h5-6H,4,7H2,1-3H3,(H,21,22). The van der Waals surface area contributed by atoms with Gasteiger partial charge in [-0.15, -0.1) is 11.3 Å². The molecule has 0 saturated heterocycles. The van der Waals surface area contributed by atoms with E-state index < -0.39 is 24.5 Å². The molecule has 2 aromatic heterocycles. The Bertz CT molecular complexity index is 898. The average molecular weight is 431 g/mol. The minimum absolute atomic E-state index is 0.0545. The highest BCUT2D eigenvalue weighted by atomic mass is 35.5. The lowest BCUT2D eigenvalue weighted by molar-refractivity contribution is -0.119. The third kappa shape index (κ3) is 5.18. The van der Waals surface area contributed by atoms with Gasteiger partial charge < -0.3 is 14.8 Å². The van der Waals surface area contributed by atoms with Crippen LogP contribution in [0.2, 0.25) is 10.2 Å². The zero-order valence-corrected chi connectivity index (χ0v) is 17.0. The van der Waals surface area contributed by atoms with Crippen LogP contribution in [0.15, 0.2) is 12.1 Å². The zero-order chi connectivity index (χ0) is 20.1. The van der Waals surface area contributed by atoms with Gasteiger partial charge in [0.25, 0.3) is 5.91 Å². The molecule has 144 valence electrons.